The summed E-state index contributed by atoms with van der Waals surface area (Å²) in [5.74, 6) is 0.759. The van der Waals surface area contributed by atoms with Crippen molar-refractivity contribution >= 4 is 11.6 Å². The molecular weight excluding hydrogens is 236 g/mol. The highest BCUT2D eigenvalue weighted by Gasteiger charge is 2.28. The Morgan fingerprint density at radius 3 is 2.59 bits per heavy atom. The van der Waals surface area contributed by atoms with E-state index in [4.69, 9.17) is 16.3 Å². The summed E-state index contributed by atoms with van der Waals surface area (Å²) < 4.78 is 5.52. The monoisotopic (exact) mass is 260 g/mol. The Kier molecular flexibility index (Phi) is 5.54. The first kappa shape index (κ1) is 13.6. The van der Waals surface area contributed by atoms with Gasteiger partial charge < -0.3 is 4.74 Å². The number of halogens is 1. The summed E-state index contributed by atoms with van der Waals surface area (Å²) in [4.78, 5) is 5.13. The zero-order chi connectivity index (χ0) is 12.1. The Bertz CT molecular complexity index is 219. The molecule has 1 saturated carbocycles. The van der Waals surface area contributed by atoms with Crippen molar-refractivity contribution in [1.82, 2.24) is 9.80 Å². The Hall–Kier alpha value is 0.170. The van der Waals surface area contributed by atoms with Crippen LogP contribution in [0.2, 0.25) is 0 Å². The van der Waals surface area contributed by atoms with E-state index in [1.807, 2.05) is 7.11 Å². The predicted octanol–water partition coefficient (Wildman–Crippen LogP) is 1.80. The number of ether oxygens (including phenoxy) is 1. The molecule has 2 aliphatic rings. The molecule has 0 aromatic carbocycles. The quantitative estimate of drug-likeness (QED) is 0.717. The number of rotatable bonds is 4. The molecule has 4 heteroatoms. The fourth-order valence-corrected chi connectivity index (χ4v) is 3.38. The molecule has 0 aromatic rings. The third kappa shape index (κ3) is 3.82. The normalized spacial score (nSPS) is 32.8. The van der Waals surface area contributed by atoms with Crippen LogP contribution in [0.25, 0.3) is 0 Å². The second-order valence-corrected chi connectivity index (χ2v) is 5.62. The van der Waals surface area contributed by atoms with Crippen LogP contribution in [0, 0.1) is 0 Å². The topological polar surface area (TPSA) is 15.7 Å². The average molecular weight is 261 g/mol. The molecule has 1 saturated heterocycles. The van der Waals surface area contributed by atoms with Crippen LogP contribution in [0.15, 0.2) is 0 Å². The van der Waals surface area contributed by atoms with Crippen molar-refractivity contribution in [2.75, 3.05) is 45.7 Å². The van der Waals surface area contributed by atoms with Gasteiger partial charge in [0.1, 0.15) is 0 Å². The van der Waals surface area contributed by atoms with Crippen LogP contribution in [-0.4, -0.2) is 67.7 Å². The van der Waals surface area contributed by atoms with Crippen molar-refractivity contribution in [2.24, 2.45) is 0 Å². The smallest absolute Gasteiger partial charge is 0.0586 e. The number of alkyl halides is 1. The SMILES string of the molecule is COC1CCCC(N2CCN(CCCl)CC2)C1. The van der Waals surface area contributed by atoms with Gasteiger partial charge in [0.15, 0.2) is 0 Å². The van der Waals surface area contributed by atoms with Crippen LogP contribution in [0.5, 0.6) is 0 Å². The average Bonchev–Trinajstić information content (AvgIpc) is 2.40. The molecule has 100 valence electrons. The lowest BCUT2D eigenvalue weighted by atomic mass is 9.91. The lowest BCUT2D eigenvalue weighted by Crippen LogP contribution is -2.52. The minimum absolute atomic E-state index is 0.495. The summed E-state index contributed by atoms with van der Waals surface area (Å²) in [5.41, 5.74) is 0. The first-order chi connectivity index (χ1) is 8.33. The number of hydrogen-bond acceptors (Lipinski definition) is 3. The van der Waals surface area contributed by atoms with E-state index in [-0.39, 0.29) is 0 Å². The molecule has 0 amide bonds. The minimum atomic E-state index is 0.495. The van der Waals surface area contributed by atoms with Gasteiger partial charge in [-0.2, -0.15) is 0 Å². The zero-order valence-corrected chi connectivity index (χ0v) is 11.7. The second-order valence-electron chi connectivity index (χ2n) is 5.24. The van der Waals surface area contributed by atoms with Gasteiger partial charge in [-0.15, -0.1) is 11.6 Å². The molecule has 1 heterocycles. The van der Waals surface area contributed by atoms with Gasteiger partial charge in [0, 0.05) is 51.8 Å². The molecule has 17 heavy (non-hydrogen) atoms. The third-order valence-corrected chi connectivity index (χ3v) is 4.42. The van der Waals surface area contributed by atoms with E-state index < -0.39 is 0 Å². The molecule has 0 bridgehead atoms. The van der Waals surface area contributed by atoms with Crippen LogP contribution >= 0.6 is 11.6 Å². The van der Waals surface area contributed by atoms with E-state index >= 15 is 0 Å². The molecule has 1 aliphatic heterocycles. The van der Waals surface area contributed by atoms with Gasteiger partial charge in [0.05, 0.1) is 6.10 Å². The minimum Gasteiger partial charge on any atom is -0.381 e. The van der Waals surface area contributed by atoms with Crippen LogP contribution in [0.4, 0.5) is 0 Å². The van der Waals surface area contributed by atoms with Gasteiger partial charge in [-0.1, -0.05) is 0 Å². The first-order valence-corrected chi connectivity index (χ1v) is 7.42. The first-order valence-electron chi connectivity index (χ1n) is 6.88. The van der Waals surface area contributed by atoms with Gasteiger partial charge >= 0.3 is 0 Å². The lowest BCUT2D eigenvalue weighted by Gasteiger charge is -2.42. The molecule has 0 aromatic heterocycles. The van der Waals surface area contributed by atoms with E-state index in [2.05, 4.69) is 9.80 Å². The Labute approximate surface area is 110 Å². The van der Waals surface area contributed by atoms with Gasteiger partial charge in [-0.05, 0) is 25.7 Å². The molecule has 0 N–H and O–H groups in total. The summed E-state index contributed by atoms with van der Waals surface area (Å²) in [5, 5.41) is 0. The Balaban J connectivity index is 1.76. The highest BCUT2D eigenvalue weighted by molar-refractivity contribution is 6.18. The lowest BCUT2D eigenvalue weighted by molar-refractivity contribution is 0.0125. The molecule has 0 spiro atoms. The van der Waals surface area contributed by atoms with Crippen molar-refractivity contribution in [2.45, 2.75) is 37.8 Å². The maximum Gasteiger partial charge on any atom is 0.0586 e. The summed E-state index contributed by atoms with van der Waals surface area (Å²) >= 11 is 5.79. The van der Waals surface area contributed by atoms with E-state index in [1.165, 1.54) is 51.9 Å². The maximum atomic E-state index is 5.79. The van der Waals surface area contributed by atoms with Crippen LogP contribution in [0.1, 0.15) is 25.7 Å². The van der Waals surface area contributed by atoms with E-state index in [0.29, 0.717) is 6.10 Å². The molecule has 3 nitrogen and oxygen atoms in total. The van der Waals surface area contributed by atoms with Gasteiger partial charge in [0.2, 0.25) is 0 Å². The summed E-state index contributed by atoms with van der Waals surface area (Å²) in [7, 11) is 1.85. The third-order valence-electron chi connectivity index (χ3n) is 4.26. The van der Waals surface area contributed by atoms with Crippen molar-refractivity contribution in [3.63, 3.8) is 0 Å². The highest BCUT2D eigenvalue weighted by Crippen LogP contribution is 2.25. The van der Waals surface area contributed by atoms with E-state index in [1.54, 1.807) is 0 Å². The highest BCUT2D eigenvalue weighted by atomic mass is 35.5. The molecule has 2 rings (SSSR count). The van der Waals surface area contributed by atoms with Crippen LogP contribution < -0.4 is 0 Å². The molecule has 0 radical (unpaired) electrons. The Morgan fingerprint density at radius 1 is 1.18 bits per heavy atom. The fraction of sp³-hybridized carbons (Fsp3) is 1.00. The van der Waals surface area contributed by atoms with Gasteiger partial charge in [-0.25, -0.2) is 0 Å². The van der Waals surface area contributed by atoms with Crippen molar-refractivity contribution < 1.29 is 4.74 Å². The van der Waals surface area contributed by atoms with Crippen molar-refractivity contribution in [3.8, 4) is 0 Å². The summed E-state index contributed by atoms with van der Waals surface area (Å²) in [6.07, 6.45) is 5.65. The standard InChI is InChI=1S/C13H25ClN2O/c1-17-13-4-2-3-12(11-13)16-9-7-15(6-5-14)8-10-16/h12-13H,2-11H2,1H3. The van der Waals surface area contributed by atoms with Crippen molar-refractivity contribution in [1.29, 1.82) is 0 Å². The second kappa shape index (κ2) is 6.93. The van der Waals surface area contributed by atoms with Gasteiger partial charge in [0.25, 0.3) is 0 Å². The molecule has 1 aliphatic carbocycles. The van der Waals surface area contributed by atoms with Gasteiger partial charge in [-0.3, -0.25) is 9.80 Å². The Morgan fingerprint density at radius 2 is 1.94 bits per heavy atom. The van der Waals surface area contributed by atoms with E-state index in [0.717, 1.165) is 18.5 Å². The predicted molar refractivity (Wildman–Crippen MR) is 71.8 cm³/mol. The van der Waals surface area contributed by atoms with E-state index in [9.17, 15) is 0 Å². The molecular formula is C13H25ClN2O. The number of nitrogens with zero attached hydrogens (tertiary/aromatic N) is 2. The maximum absolute atomic E-state index is 5.79. The zero-order valence-electron chi connectivity index (χ0n) is 10.9. The number of hydrogen-bond donors (Lipinski definition) is 0. The summed E-state index contributed by atoms with van der Waals surface area (Å²) in [6, 6.07) is 0.756. The molecule has 2 fully saturated rings. The molecule has 2 atom stereocenters. The fourth-order valence-electron chi connectivity index (χ4n) is 3.14. The van der Waals surface area contributed by atoms with Crippen LogP contribution in [0.3, 0.4) is 0 Å². The molecule has 2 unspecified atom stereocenters. The number of methoxy groups -OCH3 is 1. The summed E-state index contributed by atoms with van der Waals surface area (Å²) in [6.45, 7) is 5.82. The van der Waals surface area contributed by atoms with Crippen LogP contribution in [-0.2, 0) is 4.74 Å². The van der Waals surface area contributed by atoms with Crippen molar-refractivity contribution in [3.05, 3.63) is 0 Å². The number of piperazine rings is 1. The largest absolute Gasteiger partial charge is 0.381 e.